The number of aromatic nitrogens is 6. The molecule has 93 heavy (non-hydrogen) atoms. The number of fused-ring (bicyclic) bond motifs is 9. The van der Waals surface area contributed by atoms with E-state index in [-0.39, 0.29) is 95.5 Å². The van der Waals surface area contributed by atoms with Crippen LogP contribution in [-0.4, -0.2) is 28.7 Å². The lowest BCUT2D eigenvalue weighted by molar-refractivity contribution is 0.950. The van der Waals surface area contributed by atoms with Gasteiger partial charge in [-0.15, -0.1) is 0 Å². The summed E-state index contributed by atoms with van der Waals surface area (Å²) >= 11 is 0. The first-order valence-corrected chi connectivity index (χ1v) is 29.2. The monoisotopic (exact) mass is 1210 g/mol. The fraction of sp³-hybridized carbons (Fsp3) is 0. The molecule has 4 heterocycles. The van der Waals surface area contributed by atoms with Crippen molar-refractivity contribution in [3.8, 4) is 107 Å². The molecule has 18 rings (SSSR count). The Kier molecular flexibility index (Phi) is 7.47. The molecule has 14 aromatic carbocycles. The zero-order valence-electron chi connectivity index (χ0n) is 78.2. The Hall–Kier alpha value is -12.5. The highest BCUT2D eigenvalue weighted by Gasteiger charge is 2.25. The second-order valence-corrected chi connectivity index (χ2v) is 21.7. The lowest BCUT2D eigenvalue weighted by Crippen LogP contribution is -2.09. The average Bonchev–Trinajstić information content (AvgIpc) is 1.58. The van der Waals surface area contributed by atoms with Crippen LogP contribution >= 0.6 is 0 Å². The van der Waals surface area contributed by atoms with Crippen LogP contribution in [0.4, 0.5) is 0 Å². The second-order valence-electron chi connectivity index (χ2n) is 21.7. The van der Waals surface area contributed by atoms with Crippen LogP contribution in [0.3, 0.4) is 0 Å². The number of nitrogens with zero attached hydrogens (tertiary/aromatic N) is 6. The molecule has 0 aliphatic rings. The van der Waals surface area contributed by atoms with Gasteiger partial charge in [0.15, 0.2) is 11.6 Å². The molecule has 0 radical (unpaired) electrons. The molecule has 0 aliphatic heterocycles. The number of hydrogen-bond acceptors (Lipinski definition) is 3. The van der Waals surface area contributed by atoms with Gasteiger partial charge in [0.2, 0.25) is 5.95 Å². The molecule has 0 saturated heterocycles. The molecule has 0 spiro atoms. The van der Waals surface area contributed by atoms with Crippen molar-refractivity contribution in [2.75, 3.05) is 0 Å². The SMILES string of the molecule is [2H]c1c([2H])c([2H])c(-c2ccc3c(c2)c2cc(-c4c([2H])c([2H])c([2H])c([2H])c4[2H])ccc2n3-c2nc(-c3ccccc3-n3c4ccc(-c5c([2H])c([2H])c([2H])c([2H])c5[2H])cc4c4cc(-c5c([2H])c([2H])c([2H])c([2H])c5[2H])ccc43)nc(-c3ccccc3-n3c4ccc(-c5c([2H])c([2H])c([2H])c([2H])c5[2H])cc4c4cc(-c5c([2H])c([2H])c([2H])c([2H])c5[2H])ccc43)n2)c([2H])c1[2H]. The molecule has 0 unspecified atom stereocenters. The predicted molar refractivity (Wildman–Crippen MR) is 386 cm³/mol. The average molecular weight is 1220 g/mol. The molecule has 0 amide bonds. The molecule has 0 saturated carbocycles. The molecule has 434 valence electrons. The number of rotatable bonds is 11. The predicted octanol–water partition coefficient (Wildman–Crippen LogP) is 22.5. The molecule has 6 heteroatoms. The number of benzene rings is 14. The summed E-state index contributed by atoms with van der Waals surface area (Å²) in [5, 5.41) is 2.22. The second kappa shape index (κ2) is 22.2. The fourth-order valence-electron chi connectivity index (χ4n) is 12.5. The summed E-state index contributed by atoms with van der Waals surface area (Å²) in [6.45, 7) is 0. The van der Waals surface area contributed by atoms with Gasteiger partial charge in [-0.05, 0) is 164 Å². The number of hydrogen-bond donors (Lipinski definition) is 0. The van der Waals surface area contributed by atoms with Gasteiger partial charge in [0.25, 0.3) is 0 Å². The van der Waals surface area contributed by atoms with Crippen molar-refractivity contribution in [1.82, 2.24) is 28.7 Å². The van der Waals surface area contributed by atoms with E-state index in [1.807, 2.05) is 9.13 Å². The Morgan fingerprint density at radius 2 is 0.441 bits per heavy atom. The van der Waals surface area contributed by atoms with Crippen LogP contribution in [0, 0.1) is 0 Å². The van der Waals surface area contributed by atoms with Gasteiger partial charge in [-0.1, -0.05) is 242 Å². The number of para-hydroxylation sites is 2. The molecule has 0 N–H and O–H groups in total. The topological polar surface area (TPSA) is 53.5 Å². The summed E-state index contributed by atoms with van der Waals surface area (Å²) in [7, 11) is 0. The van der Waals surface area contributed by atoms with E-state index in [2.05, 4.69) is 0 Å². The zero-order valence-corrected chi connectivity index (χ0v) is 48.2. The third-order valence-corrected chi connectivity index (χ3v) is 16.6. The summed E-state index contributed by atoms with van der Waals surface area (Å²) < 4.78 is 270. The summed E-state index contributed by atoms with van der Waals surface area (Å²) in [6.07, 6.45) is 0. The lowest BCUT2D eigenvalue weighted by Gasteiger charge is -2.17. The van der Waals surface area contributed by atoms with Crippen LogP contribution in [0.2, 0.25) is 0 Å². The molecule has 18 aromatic rings. The van der Waals surface area contributed by atoms with Gasteiger partial charge in [-0.2, -0.15) is 9.97 Å². The van der Waals surface area contributed by atoms with Gasteiger partial charge >= 0.3 is 0 Å². The Bertz CT molecular complexity index is 6970. The van der Waals surface area contributed by atoms with Gasteiger partial charge in [0.1, 0.15) is 0 Å². The molecule has 4 aromatic heterocycles. The van der Waals surface area contributed by atoms with E-state index < -0.39 is 181 Å². The van der Waals surface area contributed by atoms with Crippen molar-refractivity contribution in [1.29, 1.82) is 0 Å². The first kappa shape index (κ1) is 31.3. The smallest absolute Gasteiger partial charge is 0.238 e. The van der Waals surface area contributed by atoms with Crippen molar-refractivity contribution in [3.63, 3.8) is 0 Å². The summed E-state index contributed by atoms with van der Waals surface area (Å²) in [5.74, 6) is -0.206. The summed E-state index contributed by atoms with van der Waals surface area (Å²) in [6, 6.07) is 26.2. The van der Waals surface area contributed by atoms with Crippen LogP contribution in [0.5, 0.6) is 0 Å². The minimum Gasteiger partial charge on any atom is -0.309 e. The Balaban J connectivity index is 0.949. The van der Waals surface area contributed by atoms with Crippen molar-refractivity contribution < 1.29 is 41.1 Å². The van der Waals surface area contributed by atoms with Crippen molar-refractivity contribution in [2.45, 2.75) is 0 Å². The zero-order chi connectivity index (χ0) is 87.5. The van der Waals surface area contributed by atoms with Crippen LogP contribution < -0.4 is 0 Å². The van der Waals surface area contributed by atoms with Crippen LogP contribution in [0.25, 0.3) is 172 Å². The highest BCUT2D eigenvalue weighted by Crippen LogP contribution is 2.44. The van der Waals surface area contributed by atoms with Crippen LogP contribution in [0.15, 0.2) is 339 Å². The normalized spacial score (nSPS) is 16.2. The molecule has 0 fully saturated rings. The molecular weight excluding hydrogens is 1130 g/mol. The maximum atomic E-state index is 9.16. The lowest BCUT2D eigenvalue weighted by atomic mass is 10.0. The van der Waals surface area contributed by atoms with Crippen molar-refractivity contribution in [3.05, 3.63) is 339 Å². The van der Waals surface area contributed by atoms with Gasteiger partial charge in [0.05, 0.1) is 85.6 Å². The minimum absolute atomic E-state index is 0.0443. The molecule has 0 bridgehead atoms. The Morgan fingerprint density at radius 1 is 0.215 bits per heavy atom. The first-order chi connectivity index (χ1) is 58.5. The van der Waals surface area contributed by atoms with Gasteiger partial charge in [-0.3, -0.25) is 4.57 Å². The summed E-state index contributed by atoms with van der Waals surface area (Å²) in [4.78, 5) is 16.4. The van der Waals surface area contributed by atoms with E-state index in [1.165, 1.54) is 0 Å². The van der Waals surface area contributed by atoms with Gasteiger partial charge in [-0.25, -0.2) is 4.98 Å². The van der Waals surface area contributed by atoms with Crippen molar-refractivity contribution >= 4 is 65.4 Å². The fourth-order valence-corrected chi connectivity index (χ4v) is 12.5. The molecule has 0 aliphatic carbocycles. The maximum Gasteiger partial charge on any atom is 0.238 e. The highest BCUT2D eigenvalue weighted by molar-refractivity contribution is 6.15. The minimum atomic E-state index is -0.638. The van der Waals surface area contributed by atoms with E-state index in [0.29, 0.717) is 76.8 Å². The van der Waals surface area contributed by atoms with Gasteiger partial charge < -0.3 is 9.13 Å². The maximum absolute atomic E-state index is 9.16. The van der Waals surface area contributed by atoms with E-state index in [0.717, 1.165) is 0 Å². The van der Waals surface area contributed by atoms with Gasteiger partial charge in [0, 0.05) is 43.4 Å². The third kappa shape index (κ3) is 9.22. The summed E-state index contributed by atoms with van der Waals surface area (Å²) in [5.41, 5.74) is 3.88. The molecule has 0 atom stereocenters. The standard InChI is InChI=1S/C87H56N6/c1-7-23-57(24-8-1)63-39-45-79-71(51-63)72-52-64(58-25-9-2-10-26-58)40-46-80(72)91(79)77-37-21-19-35-69(77)85-88-86(90-87(89-85)93-83-49-43-67(61-31-15-5-16-32-61)55-75(83)76-56-68(44-50-84(76)93)62-33-17-6-18-34-62)70-36-20-22-38-78(70)92-81-47-41-65(59-27-11-3-12-28-59)53-73(81)74-54-66(42-48-82(74)92)60-29-13-4-14-30-60/h1-56H/i1D,2D,3D,4D,5D,6D,7D,8D,9D,10D,11D,12D,13D,14D,15D,16D,17D,18D,23D,24D,25D,26D,27D,28D,29D,30D,31D,32D,33D,34D. The third-order valence-electron chi connectivity index (χ3n) is 16.6. The first-order valence-electron chi connectivity index (χ1n) is 44.2. The van der Waals surface area contributed by atoms with E-state index in [1.54, 1.807) is 162 Å². The van der Waals surface area contributed by atoms with Crippen LogP contribution in [0.1, 0.15) is 41.1 Å². The van der Waals surface area contributed by atoms with E-state index in [9.17, 15) is 0 Å². The Labute approximate surface area is 579 Å². The Morgan fingerprint density at radius 3 is 0.688 bits per heavy atom. The molecular formula is C87H56N6. The molecule has 6 nitrogen and oxygen atoms in total. The largest absolute Gasteiger partial charge is 0.309 e. The van der Waals surface area contributed by atoms with Crippen molar-refractivity contribution in [2.24, 2.45) is 0 Å². The highest BCUT2D eigenvalue weighted by atomic mass is 15.2. The van der Waals surface area contributed by atoms with E-state index in [4.69, 9.17) is 56.1 Å². The van der Waals surface area contributed by atoms with E-state index >= 15 is 0 Å². The van der Waals surface area contributed by atoms with Crippen LogP contribution in [-0.2, 0) is 0 Å². The quantitative estimate of drug-likeness (QED) is 0.130.